The minimum absolute atomic E-state index is 0.0898. The van der Waals surface area contributed by atoms with Gasteiger partial charge in [0.15, 0.2) is 0 Å². The number of hydrogen-bond donors (Lipinski definition) is 1. The fraction of sp³-hybridized carbons (Fsp3) is 0.174. The molecule has 4 rings (SSSR count). The maximum atomic E-state index is 13.1. The van der Waals surface area contributed by atoms with E-state index < -0.39 is 6.10 Å². The van der Waals surface area contributed by atoms with Gasteiger partial charge in [-0.2, -0.15) is 0 Å². The second-order valence-electron chi connectivity index (χ2n) is 6.46. The molecule has 3 aromatic rings. The van der Waals surface area contributed by atoms with Crippen LogP contribution in [-0.2, 0) is 4.79 Å². The molecule has 136 valence electrons. The van der Waals surface area contributed by atoms with E-state index in [0.717, 1.165) is 23.3 Å². The van der Waals surface area contributed by atoms with Crippen molar-refractivity contribution in [2.24, 2.45) is 0 Å². The fourth-order valence-electron chi connectivity index (χ4n) is 3.28. The predicted octanol–water partition coefficient (Wildman–Crippen LogP) is 4.45. The first kappa shape index (κ1) is 17.2. The van der Waals surface area contributed by atoms with E-state index in [1.165, 1.54) is 0 Å². The monoisotopic (exact) mass is 359 g/mol. The maximum absolute atomic E-state index is 13.1. The number of carbonyl (C=O) groups is 1. The molecule has 1 N–H and O–H groups in total. The Morgan fingerprint density at radius 1 is 0.926 bits per heavy atom. The molecule has 0 aliphatic carbocycles. The zero-order valence-electron chi connectivity index (χ0n) is 14.9. The third-order valence-corrected chi connectivity index (χ3v) is 4.61. The lowest BCUT2D eigenvalue weighted by molar-refractivity contribution is -0.129. The van der Waals surface area contributed by atoms with E-state index >= 15 is 0 Å². The molecule has 4 heteroatoms. The predicted molar refractivity (Wildman–Crippen MR) is 104 cm³/mol. The van der Waals surface area contributed by atoms with E-state index in [4.69, 9.17) is 9.47 Å². The average Bonchev–Trinajstić information content (AvgIpc) is 2.73. The Bertz CT molecular complexity index is 896. The van der Waals surface area contributed by atoms with E-state index in [1.54, 1.807) is 0 Å². The lowest BCUT2D eigenvalue weighted by Gasteiger charge is -2.28. The van der Waals surface area contributed by atoms with Crippen LogP contribution >= 0.6 is 0 Å². The van der Waals surface area contributed by atoms with Gasteiger partial charge < -0.3 is 14.8 Å². The van der Waals surface area contributed by atoms with Crippen molar-refractivity contribution in [1.82, 2.24) is 5.32 Å². The zero-order valence-corrected chi connectivity index (χ0v) is 14.9. The molecule has 0 aromatic heterocycles. The number of rotatable bonds is 5. The Morgan fingerprint density at radius 2 is 1.59 bits per heavy atom. The van der Waals surface area contributed by atoms with Gasteiger partial charge in [-0.25, -0.2) is 0 Å². The molecule has 27 heavy (non-hydrogen) atoms. The standard InChI is InChI=1S/C23H21NO3/c25-23(24-20-15-16-26-21-14-8-7-13-19(20)21)22(17-9-3-1-4-10-17)27-18-11-5-2-6-12-18/h1-14,20,22H,15-16H2,(H,24,25)/t20-,22+/m0/s1. The number of benzene rings is 3. The Labute approximate surface area is 158 Å². The van der Waals surface area contributed by atoms with Gasteiger partial charge in [0, 0.05) is 17.5 Å². The van der Waals surface area contributed by atoms with Crippen molar-refractivity contribution < 1.29 is 14.3 Å². The number of nitrogens with one attached hydrogen (secondary N) is 1. The molecule has 4 nitrogen and oxygen atoms in total. The van der Waals surface area contributed by atoms with Crippen LogP contribution in [0.3, 0.4) is 0 Å². The van der Waals surface area contributed by atoms with Gasteiger partial charge in [0.2, 0.25) is 6.10 Å². The second kappa shape index (κ2) is 7.96. The molecule has 1 heterocycles. The number of para-hydroxylation sites is 2. The molecule has 0 fully saturated rings. The van der Waals surface area contributed by atoms with Crippen LogP contribution in [-0.4, -0.2) is 12.5 Å². The van der Waals surface area contributed by atoms with Gasteiger partial charge in [-0.3, -0.25) is 4.79 Å². The summed E-state index contributed by atoms with van der Waals surface area (Å²) in [6.45, 7) is 0.581. The van der Waals surface area contributed by atoms with Crippen molar-refractivity contribution in [2.75, 3.05) is 6.61 Å². The van der Waals surface area contributed by atoms with Gasteiger partial charge in [0.25, 0.3) is 5.91 Å². The van der Waals surface area contributed by atoms with Crippen LogP contribution in [0, 0.1) is 0 Å². The third-order valence-electron chi connectivity index (χ3n) is 4.61. The van der Waals surface area contributed by atoms with Crippen LogP contribution in [0.1, 0.15) is 29.7 Å². The van der Waals surface area contributed by atoms with Crippen LogP contribution in [0.2, 0.25) is 0 Å². The molecule has 2 atom stereocenters. The average molecular weight is 359 g/mol. The number of amides is 1. The molecule has 0 saturated heterocycles. The molecule has 0 saturated carbocycles. The molecule has 1 amide bonds. The van der Waals surface area contributed by atoms with Gasteiger partial charge >= 0.3 is 0 Å². The lowest BCUT2D eigenvalue weighted by atomic mass is 9.99. The minimum atomic E-state index is -0.719. The molecule has 0 unspecified atom stereocenters. The molecule has 0 spiro atoms. The summed E-state index contributed by atoms with van der Waals surface area (Å²) in [5.41, 5.74) is 1.82. The molecule has 0 bridgehead atoms. The van der Waals surface area contributed by atoms with Crippen LogP contribution in [0.4, 0.5) is 0 Å². The van der Waals surface area contributed by atoms with Crippen LogP contribution in [0.15, 0.2) is 84.9 Å². The van der Waals surface area contributed by atoms with E-state index in [2.05, 4.69) is 5.32 Å². The van der Waals surface area contributed by atoms with Crippen molar-refractivity contribution in [2.45, 2.75) is 18.6 Å². The highest BCUT2D eigenvalue weighted by atomic mass is 16.5. The van der Waals surface area contributed by atoms with Crippen molar-refractivity contribution in [3.8, 4) is 11.5 Å². The topological polar surface area (TPSA) is 47.6 Å². The maximum Gasteiger partial charge on any atom is 0.266 e. The molecule has 0 radical (unpaired) electrons. The Morgan fingerprint density at radius 3 is 2.37 bits per heavy atom. The van der Waals surface area contributed by atoms with Crippen molar-refractivity contribution in [3.05, 3.63) is 96.1 Å². The van der Waals surface area contributed by atoms with Crippen LogP contribution in [0.5, 0.6) is 11.5 Å². The van der Waals surface area contributed by atoms with Crippen LogP contribution < -0.4 is 14.8 Å². The smallest absolute Gasteiger partial charge is 0.266 e. The second-order valence-corrected chi connectivity index (χ2v) is 6.46. The highest BCUT2D eigenvalue weighted by Crippen LogP contribution is 2.32. The van der Waals surface area contributed by atoms with Crippen molar-refractivity contribution >= 4 is 5.91 Å². The van der Waals surface area contributed by atoms with Gasteiger partial charge in [0.1, 0.15) is 11.5 Å². The SMILES string of the molecule is O=C(N[C@H]1CCOc2ccccc21)[C@H](Oc1ccccc1)c1ccccc1. The molecule has 1 aliphatic rings. The normalized spacial score (nSPS) is 16.5. The van der Waals surface area contributed by atoms with E-state index in [1.807, 2.05) is 84.9 Å². The van der Waals surface area contributed by atoms with E-state index in [0.29, 0.717) is 12.4 Å². The van der Waals surface area contributed by atoms with Crippen molar-refractivity contribution in [1.29, 1.82) is 0 Å². The summed E-state index contributed by atoms with van der Waals surface area (Å²) < 4.78 is 11.7. The third kappa shape index (κ3) is 3.95. The zero-order chi connectivity index (χ0) is 18.5. The summed E-state index contributed by atoms with van der Waals surface area (Å²) >= 11 is 0. The quantitative estimate of drug-likeness (QED) is 0.732. The molecular weight excluding hydrogens is 338 g/mol. The first-order valence-corrected chi connectivity index (χ1v) is 9.10. The summed E-state index contributed by atoms with van der Waals surface area (Å²) in [7, 11) is 0. The Balaban J connectivity index is 1.58. The van der Waals surface area contributed by atoms with E-state index in [-0.39, 0.29) is 11.9 Å². The minimum Gasteiger partial charge on any atom is -0.493 e. The van der Waals surface area contributed by atoms with Gasteiger partial charge in [0.05, 0.1) is 12.6 Å². The van der Waals surface area contributed by atoms with Crippen molar-refractivity contribution in [3.63, 3.8) is 0 Å². The summed E-state index contributed by atoms with van der Waals surface area (Å²) in [5, 5.41) is 3.15. The summed E-state index contributed by atoms with van der Waals surface area (Å²) in [6.07, 6.45) is 0.0129. The van der Waals surface area contributed by atoms with Gasteiger partial charge in [-0.15, -0.1) is 0 Å². The number of hydrogen-bond acceptors (Lipinski definition) is 3. The molecule has 1 aliphatic heterocycles. The fourth-order valence-corrected chi connectivity index (χ4v) is 3.28. The first-order chi connectivity index (χ1) is 13.3. The first-order valence-electron chi connectivity index (χ1n) is 9.10. The lowest BCUT2D eigenvalue weighted by Crippen LogP contribution is -2.37. The highest BCUT2D eigenvalue weighted by Gasteiger charge is 2.28. The Kier molecular flexibility index (Phi) is 5.06. The summed E-state index contributed by atoms with van der Waals surface area (Å²) in [6, 6.07) is 26.7. The largest absolute Gasteiger partial charge is 0.493 e. The Hall–Kier alpha value is -3.27. The highest BCUT2D eigenvalue weighted by molar-refractivity contribution is 5.83. The number of fused-ring (bicyclic) bond motifs is 1. The van der Waals surface area contributed by atoms with Gasteiger partial charge in [-0.05, 0) is 18.2 Å². The number of ether oxygens (including phenoxy) is 2. The van der Waals surface area contributed by atoms with E-state index in [9.17, 15) is 4.79 Å². The van der Waals surface area contributed by atoms with Gasteiger partial charge in [-0.1, -0.05) is 66.7 Å². The number of carbonyl (C=O) groups excluding carboxylic acids is 1. The van der Waals surface area contributed by atoms with Crippen LogP contribution in [0.25, 0.3) is 0 Å². The molecular formula is C23H21NO3. The molecule has 3 aromatic carbocycles. The summed E-state index contributed by atoms with van der Waals surface area (Å²) in [4.78, 5) is 13.1. The summed E-state index contributed by atoms with van der Waals surface area (Å²) in [5.74, 6) is 1.33.